The van der Waals surface area contributed by atoms with Gasteiger partial charge in [-0.3, -0.25) is 4.79 Å². The Kier molecular flexibility index (Phi) is 5.77. The summed E-state index contributed by atoms with van der Waals surface area (Å²) in [6.07, 6.45) is 0.110. The minimum Gasteiger partial charge on any atom is -0.491 e. The average Bonchev–Trinajstić information content (AvgIpc) is 2.47. The average molecular weight is 380 g/mol. The van der Waals surface area contributed by atoms with E-state index in [1.54, 1.807) is 6.07 Å². The highest BCUT2D eigenvalue weighted by molar-refractivity contribution is 9.10. The minimum atomic E-state index is -0.551. The first-order chi connectivity index (χ1) is 10.9. The SMILES string of the molecule is CC(C)Oc1ccc(C(C)NC(=O)c2ccc(Br)cc2F)cc1. The minimum absolute atomic E-state index is 0.0276. The number of halogens is 2. The third kappa shape index (κ3) is 4.79. The summed E-state index contributed by atoms with van der Waals surface area (Å²) in [7, 11) is 0. The van der Waals surface area contributed by atoms with E-state index in [1.165, 1.54) is 12.1 Å². The zero-order valence-corrected chi connectivity index (χ0v) is 14.9. The van der Waals surface area contributed by atoms with Gasteiger partial charge in [0.05, 0.1) is 17.7 Å². The molecule has 0 aromatic heterocycles. The number of hydrogen-bond donors (Lipinski definition) is 1. The van der Waals surface area contributed by atoms with Crippen LogP contribution in [0.2, 0.25) is 0 Å². The van der Waals surface area contributed by atoms with Crippen molar-refractivity contribution in [1.82, 2.24) is 5.32 Å². The van der Waals surface area contributed by atoms with Crippen LogP contribution in [0.15, 0.2) is 46.9 Å². The molecule has 5 heteroatoms. The van der Waals surface area contributed by atoms with Crippen molar-refractivity contribution in [2.75, 3.05) is 0 Å². The second kappa shape index (κ2) is 7.59. The van der Waals surface area contributed by atoms with Crippen LogP contribution in [-0.2, 0) is 0 Å². The number of ether oxygens (including phenoxy) is 1. The van der Waals surface area contributed by atoms with Gasteiger partial charge in [0.1, 0.15) is 11.6 Å². The molecule has 122 valence electrons. The smallest absolute Gasteiger partial charge is 0.254 e. The first-order valence-corrected chi connectivity index (χ1v) is 8.18. The van der Waals surface area contributed by atoms with Crippen LogP contribution in [0.25, 0.3) is 0 Å². The third-order valence-electron chi connectivity index (χ3n) is 3.28. The third-order valence-corrected chi connectivity index (χ3v) is 3.77. The van der Waals surface area contributed by atoms with Crippen LogP contribution >= 0.6 is 15.9 Å². The van der Waals surface area contributed by atoms with E-state index in [0.717, 1.165) is 11.3 Å². The van der Waals surface area contributed by atoms with Gasteiger partial charge in [-0.1, -0.05) is 28.1 Å². The zero-order chi connectivity index (χ0) is 17.0. The molecule has 0 bridgehead atoms. The van der Waals surface area contributed by atoms with Crippen molar-refractivity contribution >= 4 is 21.8 Å². The van der Waals surface area contributed by atoms with Gasteiger partial charge in [0.15, 0.2) is 0 Å². The summed E-state index contributed by atoms with van der Waals surface area (Å²) >= 11 is 3.17. The predicted octanol–water partition coefficient (Wildman–Crippen LogP) is 4.87. The molecule has 23 heavy (non-hydrogen) atoms. The van der Waals surface area contributed by atoms with Gasteiger partial charge in [-0.2, -0.15) is 0 Å². The fourth-order valence-electron chi connectivity index (χ4n) is 2.14. The van der Waals surface area contributed by atoms with Crippen molar-refractivity contribution in [3.63, 3.8) is 0 Å². The second-order valence-corrected chi connectivity index (χ2v) is 6.47. The molecule has 0 radical (unpaired) electrons. The summed E-state index contributed by atoms with van der Waals surface area (Å²) in [5, 5.41) is 2.80. The fourth-order valence-corrected chi connectivity index (χ4v) is 2.47. The van der Waals surface area contributed by atoms with Gasteiger partial charge < -0.3 is 10.1 Å². The van der Waals surface area contributed by atoms with E-state index in [0.29, 0.717) is 4.47 Å². The van der Waals surface area contributed by atoms with Gasteiger partial charge in [0.2, 0.25) is 0 Å². The summed E-state index contributed by atoms with van der Waals surface area (Å²) in [4.78, 5) is 12.2. The molecule has 1 N–H and O–H groups in total. The summed E-state index contributed by atoms with van der Waals surface area (Å²) in [5.74, 6) is -0.212. The number of carbonyl (C=O) groups is 1. The van der Waals surface area contributed by atoms with Crippen molar-refractivity contribution in [1.29, 1.82) is 0 Å². The molecule has 0 saturated carbocycles. The van der Waals surface area contributed by atoms with Crippen LogP contribution in [0, 0.1) is 5.82 Å². The van der Waals surface area contributed by atoms with Crippen molar-refractivity contribution in [3.8, 4) is 5.75 Å². The lowest BCUT2D eigenvalue weighted by atomic mass is 10.1. The Morgan fingerprint density at radius 3 is 2.35 bits per heavy atom. The van der Waals surface area contributed by atoms with Crippen LogP contribution in [0.5, 0.6) is 5.75 Å². The molecule has 2 aromatic rings. The Bertz CT molecular complexity index is 686. The first-order valence-electron chi connectivity index (χ1n) is 7.39. The molecule has 2 aromatic carbocycles. The van der Waals surface area contributed by atoms with E-state index in [4.69, 9.17) is 4.74 Å². The van der Waals surface area contributed by atoms with E-state index in [9.17, 15) is 9.18 Å². The molecule has 2 rings (SSSR count). The number of hydrogen-bond acceptors (Lipinski definition) is 2. The van der Waals surface area contributed by atoms with E-state index >= 15 is 0 Å². The highest BCUT2D eigenvalue weighted by Crippen LogP contribution is 2.20. The number of benzene rings is 2. The molecular weight excluding hydrogens is 361 g/mol. The van der Waals surface area contributed by atoms with Crippen LogP contribution in [0.1, 0.15) is 42.7 Å². The summed E-state index contributed by atoms with van der Waals surface area (Å²) < 4.78 is 20.0. The van der Waals surface area contributed by atoms with E-state index < -0.39 is 11.7 Å². The highest BCUT2D eigenvalue weighted by Gasteiger charge is 2.15. The van der Waals surface area contributed by atoms with E-state index in [1.807, 2.05) is 45.0 Å². The van der Waals surface area contributed by atoms with Gasteiger partial charge in [0.25, 0.3) is 5.91 Å². The lowest BCUT2D eigenvalue weighted by molar-refractivity contribution is 0.0936. The molecule has 0 aliphatic rings. The maximum absolute atomic E-state index is 13.8. The quantitative estimate of drug-likeness (QED) is 0.804. The topological polar surface area (TPSA) is 38.3 Å². The summed E-state index contributed by atoms with van der Waals surface area (Å²) in [5.41, 5.74) is 0.951. The molecule has 1 atom stereocenters. The van der Waals surface area contributed by atoms with Crippen molar-refractivity contribution in [2.24, 2.45) is 0 Å². The van der Waals surface area contributed by atoms with Crippen molar-refractivity contribution < 1.29 is 13.9 Å². The largest absolute Gasteiger partial charge is 0.491 e. The van der Waals surface area contributed by atoms with E-state index in [2.05, 4.69) is 21.2 Å². The Hall–Kier alpha value is -1.88. The monoisotopic (exact) mass is 379 g/mol. The number of rotatable bonds is 5. The van der Waals surface area contributed by atoms with E-state index in [-0.39, 0.29) is 17.7 Å². The molecule has 0 heterocycles. The van der Waals surface area contributed by atoms with Crippen LogP contribution in [-0.4, -0.2) is 12.0 Å². The summed E-state index contributed by atoms with van der Waals surface area (Å²) in [6.45, 7) is 5.78. The molecule has 1 unspecified atom stereocenters. The molecule has 1 amide bonds. The number of nitrogens with one attached hydrogen (secondary N) is 1. The maximum Gasteiger partial charge on any atom is 0.254 e. The molecule has 0 aliphatic carbocycles. The normalized spacial score (nSPS) is 12.1. The van der Waals surface area contributed by atoms with Gasteiger partial charge in [-0.05, 0) is 56.7 Å². The Morgan fingerprint density at radius 1 is 1.13 bits per heavy atom. The number of carbonyl (C=O) groups excluding carboxylic acids is 1. The first kappa shape index (κ1) is 17.5. The van der Waals surface area contributed by atoms with Crippen LogP contribution < -0.4 is 10.1 Å². The molecule has 3 nitrogen and oxygen atoms in total. The van der Waals surface area contributed by atoms with Crippen molar-refractivity contribution in [2.45, 2.75) is 32.9 Å². The van der Waals surface area contributed by atoms with Gasteiger partial charge in [-0.25, -0.2) is 4.39 Å². The highest BCUT2D eigenvalue weighted by atomic mass is 79.9. The van der Waals surface area contributed by atoms with Gasteiger partial charge >= 0.3 is 0 Å². The standard InChI is InChI=1S/C18H19BrFNO2/c1-11(2)23-15-7-4-13(5-8-15)12(3)21-18(22)16-9-6-14(19)10-17(16)20/h4-12H,1-3H3,(H,21,22). The van der Waals surface area contributed by atoms with Crippen LogP contribution in [0.4, 0.5) is 4.39 Å². The molecular formula is C18H19BrFNO2. The molecule has 0 fully saturated rings. The molecule has 0 spiro atoms. The predicted molar refractivity (Wildman–Crippen MR) is 92.2 cm³/mol. The molecule has 0 aliphatic heterocycles. The van der Waals surface area contributed by atoms with Gasteiger partial charge in [0, 0.05) is 4.47 Å². The number of amides is 1. The van der Waals surface area contributed by atoms with Gasteiger partial charge in [-0.15, -0.1) is 0 Å². The fraction of sp³-hybridized carbons (Fsp3) is 0.278. The zero-order valence-electron chi connectivity index (χ0n) is 13.3. The molecule has 0 saturated heterocycles. The Morgan fingerprint density at radius 2 is 1.78 bits per heavy atom. The summed E-state index contributed by atoms with van der Waals surface area (Å²) in [6, 6.07) is 11.6. The van der Waals surface area contributed by atoms with Crippen molar-refractivity contribution in [3.05, 3.63) is 63.9 Å². The maximum atomic E-state index is 13.8. The lowest BCUT2D eigenvalue weighted by Gasteiger charge is -2.16. The lowest BCUT2D eigenvalue weighted by Crippen LogP contribution is -2.27. The Labute approximate surface area is 144 Å². The second-order valence-electron chi connectivity index (χ2n) is 5.55. The van der Waals surface area contributed by atoms with Crippen LogP contribution in [0.3, 0.4) is 0 Å². The Balaban J connectivity index is 2.06.